The highest BCUT2D eigenvalue weighted by atomic mass is 32.3. The Balaban J connectivity index is 2.06. The van der Waals surface area contributed by atoms with Crippen molar-refractivity contribution in [2.75, 3.05) is 18.8 Å². The molecular weight excluding hydrogens is 256 g/mol. The number of benzene rings is 1. The zero-order valence-electron chi connectivity index (χ0n) is 9.78. The summed E-state index contributed by atoms with van der Waals surface area (Å²) in [7, 11) is -2.54. The van der Waals surface area contributed by atoms with E-state index in [0.29, 0.717) is 25.3 Å². The molecule has 0 aliphatic carbocycles. The van der Waals surface area contributed by atoms with Crippen molar-refractivity contribution < 1.29 is 14.0 Å². The van der Waals surface area contributed by atoms with Crippen LogP contribution in [0.2, 0.25) is 0 Å². The molecule has 0 amide bonds. The van der Waals surface area contributed by atoms with Gasteiger partial charge in [-0.3, -0.25) is 19.2 Å². The topological polar surface area (TPSA) is 95.6 Å². The highest BCUT2D eigenvalue weighted by Crippen LogP contribution is 2.46. The maximum absolute atomic E-state index is 10.5. The van der Waals surface area contributed by atoms with Crippen LogP contribution >= 0.6 is 10.6 Å². The van der Waals surface area contributed by atoms with Crippen LogP contribution in [0, 0.1) is 10.1 Å². The summed E-state index contributed by atoms with van der Waals surface area (Å²) in [5.41, 5.74) is 0.932. The summed E-state index contributed by atoms with van der Waals surface area (Å²) < 4.78 is 19.9. The van der Waals surface area contributed by atoms with Crippen molar-refractivity contribution in [2.45, 2.75) is 11.7 Å². The first kappa shape index (κ1) is 13.3. The maximum atomic E-state index is 10.5. The quantitative estimate of drug-likeness (QED) is 0.576. The lowest BCUT2D eigenvalue weighted by molar-refractivity contribution is -0.384. The van der Waals surface area contributed by atoms with E-state index in [1.54, 1.807) is 12.1 Å². The normalized spacial score (nSPS) is 24.4. The maximum Gasteiger partial charge on any atom is 0.269 e. The lowest BCUT2D eigenvalue weighted by atomic mass is 10.1. The molecule has 1 aliphatic heterocycles. The van der Waals surface area contributed by atoms with Gasteiger partial charge in [-0.15, -0.1) is 0 Å². The van der Waals surface area contributed by atoms with E-state index in [0.717, 1.165) is 5.56 Å². The fourth-order valence-corrected chi connectivity index (χ4v) is 3.63. The highest BCUT2D eigenvalue weighted by molar-refractivity contribution is 8.24. The number of nitrogens with zero attached hydrogens (tertiary/aromatic N) is 1. The smallest absolute Gasteiger partial charge is 0.269 e. The molecule has 7 heteroatoms. The molecule has 1 aromatic carbocycles. The average molecular weight is 272 g/mol. The summed E-state index contributed by atoms with van der Waals surface area (Å²) >= 11 is 0. The van der Waals surface area contributed by atoms with Gasteiger partial charge in [-0.1, -0.05) is 12.1 Å². The van der Waals surface area contributed by atoms with Crippen LogP contribution in [0.15, 0.2) is 24.3 Å². The van der Waals surface area contributed by atoms with E-state index in [1.165, 1.54) is 12.1 Å². The van der Waals surface area contributed by atoms with E-state index in [9.17, 15) is 19.2 Å². The molecule has 1 heterocycles. The van der Waals surface area contributed by atoms with Gasteiger partial charge in [0.1, 0.15) is 0 Å². The Labute approximate surface area is 107 Å². The van der Waals surface area contributed by atoms with Crippen molar-refractivity contribution in [1.82, 2.24) is 5.32 Å². The fourth-order valence-electron chi connectivity index (χ4n) is 2.01. The van der Waals surface area contributed by atoms with Crippen molar-refractivity contribution in [3.63, 3.8) is 0 Å². The second-order valence-corrected chi connectivity index (χ2v) is 6.88. The monoisotopic (exact) mass is 272 g/mol. The fraction of sp³-hybridized carbons (Fsp3) is 0.455. The summed E-state index contributed by atoms with van der Waals surface area (Å²) in [6.07, 6.45) is 0.521. The van der Waals surface area contributed by atoms with E-state index >= 15 is 0 Å². The predicted molar refractivity (Wildman–Crippen MR) is 71.2 cm³/mol. The molecule has 6 nitrogen and oxygen atoms in total. The Kier molecular flexibility index (Phi) is 3.86. The largest absolute Gasteiger partial charge is 0.313 e. The number of hydrogen-bond donors (Lipinski definition) is 3. The zero-order valence-corrected chi connectivity index (χ0v) is 10.6. The van der Waals surface area contributed by atoms with E-state index in [2.05, 4.69) is 5.32 Å². The molecule has 3 N–H and O–H groups in total. The summed E-state index contributed by atoms with van der Waals surface area (Å²) in [4.78, 5) is 10.1. The van der Waals surface area contributed by atoms with Crippen LogP contribution in [0.25, 0.3) is 0 Å². The molecule has 0 saturated carbocycles. The lowest BCUT2D eigenvalue weighted by Crippen LogP contribution is -2.42. The van der Waals surface area contributed by atoms with E-state index < -0.39 is 15.5 Å². The number of rotatable bonds is 3. The summed E-state index contributed by atoms with van der Waals surface area (Å²) in [5.74, 6) is 0.380. The second-order valence-electron chi connectivity index (χ2n) is 4.38. The van der Waals surface area contributed by atoms with Gasteiger partial charge in [0.15, 0.2) is 0 Å². The van der Waals surface area contributed by atoms with Crippen molar-refractivity contribution in [2.24, 2.45) is 0 Å². The second kappa shape index (κ2) is 5.23. The summed E-state index contributed by atoms with van der Waals surface area (Å²) in [5, 5.41) is 13.4. The van der Waals surface area contributed by atoms with Gasteiger partial charge >= 0.3 is 0 Å². The highest BCUT2D eigenvalue weighted by Gasteiger charge is 2.29. The van der Waals surface area contributed by atoms with Gasteiger partial charge in [0.2, 0.25) is 0 Å². The molecule has 0 aromatic heterocycles. The molecule has 100 valence electrons. The van der Waals surface area contributed by atoms with Crippen LogP contribution in [-0.2, 0) is 6.42 Å². The number of nitrogens with one attached hydrogen (secondary N) is 1. The van der Waals surface area contributed by atoms with Gasteiger partial charge in [0.05, 0.1) is 15.9 Å². The molecule has 18 heavy (non-hydrogen) atoms. The molecule has 2 rings (SSSR count). The van der Waals surface area contributed by atoms with Crippen molar-refractivity contribution in [1.29, 1.82) is 0 Å². The minimum atomic E-state index is -2.54. The molecule has 1 unspecified atom stereocenters. The third kappa shape index (κ3) is 2.99. The molecule has 1 fully saturated rings. The standard InChI is InChI=1S/C11H16N2O4S/c14-13(15)10-3-1-9(2-4-10)7-11-8-12-5-6-18(11,16)17/h1-4,11-12,16-17H,5-8H2. The Hall–Kier alpha value is -1.15. The van der Waals surface area contributed by atoms with Gasteiger partial charge in [-0.2, -0.15) is 10.6 Å². The zero-order chi connectivity index (χ0) is 13.2. The van der Waals surface area contributed by atoms with Crippen LogP contribution in [0.3, 0.4) is 0 Å². The number of hydrogen-bond acceptors (Lipinski definition) is 5. The van der Waals surface area contributed by atoms with Crippen LogP contribution in [-0.4, -0.2) is 38.1 Å². The molecule has 0 radical (unpaired) electrons. The lowest BCUT2D eigenvalue weighted by Gasteiger charge is -2.44. The van der Waals surface area contributed by atoms with E-state index in [-0.39, 0.29) is 10.9 Å². The van der Waals surface area contributed by atoms with E-state index in [4.69, 9.17) is 0 Å². The van der Waals surface area contributed by atoms with Crippen LogP contribution in [0.4, 0.5) is 5.69 Å². The Morgan fingerprint density at radius 3 is 2.61 bits per heavy atom. The van der Waals surface area contributed by atoms with Gasteiger partial charge in [-0.05, 0) is 12.0 Å². The van der Waals surface area contributed by atoms with Crippen LogP contribution in [0.1, 0.15) is 5.56 Å². The summed E-state index contributed by atoms with van der Waals surface area (Å²) in [6, 6.07) is 6.22. The van der Waals surface area contributed by atoms with Crippen molar-refractivity contribution >= 4 is 16.3 Å². The van der Waals surface area contributed by atoms with Crippen LogP contribution in [0.5, 0.6) is 0 Å². The number of nitro benzene ring substituents is 1. The Morgan fingerprint density at radius 2 is 2.06 bits per heavy atom. The first-order valence-corrected chi connectivity index (χ1v) is 7.46. The first-order chi connectivity index (χ1) is 8.49. The summed E-state index contributed by atoms with van der Waals surface area (Å²) in [6.45, 7) is 1.19. The average Bonchev–Trinajstić information content (AvgIpc) is 2.32. The molecule has 0 bridgehead atoms. The molecule has 1 atom stereocenters. The Morgan fingerprint density at radius 1 is 1.39 bits per heavy atom. The third-order valence-electron chi connectivity index (χ3n) is 3.10. The van der Waals surface area contributed by atoms with Crippen molar-refractivity contribution in [3.05, 3.63) is 39.9 Å². The van der Waals surface area contributed by atoms with Gasteiger partial charge in [0, 0.05) is 25.2 Å². The van der Waals surface area contributed by atoms with Gasteiger partial charge in [-0.25, -0.2) is 0 Å². The SMILES string of the molecule is O=[N+]([O-])c1ccc(CC2CNCCS2(O)O)cc1. The van der Waals surface area contributed by atoms with Gasteiger partial charge < -0.3 is 5.32 Å². The van der Waals surface area contributed by atoms with Crippen LogP contribution < -0.4 is 5.32 Å². The first-order valence-electron chi connectivity index (χ1n) is 5.68. The van der Waals surface area contributed by atoms with Gasteiger partial charge in [0.25, 0.3) is 5.69 Å². The molecule has 1 aliphatic rings. The predicted octanol–water partition coefficient (Wildman–Crippen LogP) is 1.86. The molecular formula is C11H16N2O4S. The van der Waals surface area contributed by atoms with E-state index in [1.807, 2.05) is 0 Å². The number of non-ortho nitro benzene ring substituents is 1. The number of nitro groups is 1. The van der Waals surface area contributed by atoms with Crippen molar-refractivity contribution in [3.8, 4) is 0 Å². The molecule has 0 spiro atoms. The third-order valence-corrected chi connectivity index (χ3v) is 5.30. The minimum absolute atomic E-state index is 0.0483. The Bertz CT molecular complexity index is 435. The minimum Gasteiger partial charge on any atom is -0.313 e. The molecule has 1 saturated heterocycles. The molecule has 1 aromatic rings.